The number of hydrogen-bond donors (Lipinski definition) is 3. The smallest absolute Gasteiger partial charge is 0.408 e. The summed E-state index contributed by atoms with van der Waals surface area (Å²) >= 11 is 0. The number of alkyl carbamates (subject to hydrolysis) is 1. The third kappa shape index (κ3) is 6.25. The summed E-state index contributed by atoms with van der Waals surface area (Å²) in [5.41, 5.74) is 1.74. The number of aromatic nitrogens is 5. The van der Waals surface area contributed by atoms with Gasteiger partial charge in [-0.25, -0.2) is 22.7 Å². The second-order valence-corrected chi connectivity index (χ2v) is 11.0. The van der Waals surface area contributed by atoms with Gasteiger partial charge in [-0.15, -0.1) is 0 Å². The van der Waals surface area contributed by atoms with Crippen molar-refractivity contribution in [3.05, 3.63) is 35.9 Å². The summed E-state index contributed by atoms with van der Waals surface area (Å²) in [4.78, 5) is 16.2. The van der Waals surface area contributed by atoms with Gasteiger partial charge >= 0.3 is 12.3 Å². The first-order valence-corrected chi connectivity index (χ1v) is 13.3. The van der Waals surface area contributed by atoms with Crippen molar-refractivity contribution in [3.8, 4) is 0 Å². The summed E-state index contributed by atoms with van der Waals surface area (Å²) in [6.45, 7) is 1.34. The minimum Gasteiger partial charge on any atom is -0.446 e. The third-order valence-electron chi connectivity index (χ3n) is 5.89. The summed E-state index contributed by atoms with van der Waals surface area (Å²) in [5, 5.41) is 16.4. The molecule has 0 bridgehead atoms. The zero-order chi connectivity index (χ0) is 26.1. The molecular formula is C21H26F3N7O4S. The molecule has 3 aromatic rings. The molecule has 3 unspecified atom stereocenters. The topological polar surface area (TPSA) is 143 Å². The summed E-state index contributed by atoms with van der Waals surface area (Å²) in [6, 6.07) is 1.47. The first-order chi connectivity index (χ1) is 16.9. The Hall–Kier alpha value is -3.36. The summed E-state index contributed by atoms with van der Waals surface area (Å²) in [5.74, 6) is 0.686. The maximum absolute atomic E-state index is 12.9. The molecule has 196 valence electrons. The molecule has 3 N–H and O–H groups in total. The van der Waals surface area contributed by atoms with Crippen LogP contribution >= 0.6 is 0 Å². The van der Waals surface area contributed by atoms with Crippen LogP contribution in [-0.2, 0) is 20.3 Å². The Kier molecular flexibility index (Phi) is 7.11. The molecule has 36 heavy (non-hydrogen) atoms. The summed E-state index contributed by atoms with van der Waals surface area (Å²) < 4.78 is 68.5. The number of carbonyl (C=O) groups is 1. The van der Waals surface area contributed by atoms with E-state index in [-0.39, 0.29) is 18.1 Å². The molecule has 1 saturated carbocycles. The number of halogens is 3. The third-order valence-corrected chi connectivity index (χ3v) is 6.71. The van der Waals surface area contributed by atoms with E-state index in [1.807, 2.05) is 5.32 Å². The fraction of sp³-hybridized carbons (Fsp3) is 0.524. The van der Waals surface area contributed by atoms with E-state index in [4.69, 9.17) is 4.74 Å². The molecule has 1 amide bonds. The second kappa shape index (κ2) is 9.95. The van der Waals surface area contributed by atoms with E-state index in [0.29, 0.717) is 42.1 Å². The molecule has 11 nitrogen and oxygen atoms in total. The lowest BCUT2D eigenvalue weighted by Crippen LogP contribution is -2.45. The van der Waals surface area contributed by atoms with Gasteiger partial charge in [0.1, 0.15) is 17.7 Å². The Bertz CT molecular complexity index is 1340. The number of carbonyl (C=O) groups excluding carboxylic acids is 1. The van der Waals surface area contributed by atoms with Crippen LogP contribution in [0.5, 0.6) is 0 Å². The molecule has 3 heterocycles. The Morgan fingerprint density at radius 1 is 1.33 bits per heavy atom. The second-order valence-electron chi connectivity index (χ2n) is 8.83. The molecule has 1 fully saturated rings. The van der Waals surface area contributed by atoms with E-state index in [9.17, 15) is 26.4 Å². The predicted octanol–water partition coefficient (Wildman–Crippen LogP) is 3.44. The molecule has 0 radical (unpaired) electrons. The number of nitrogens with one attached hydrogen (secondary N) is 3. The molecule has 3 atom stereocenters. The number of H-pyrrole nitrogens is 1. The number of fused-ring (bicyclic) bond motifs is 1. The standard InChI is InChI=1S/C21H26F3N7O4S/c1-3-17(21(22,23)24)26-20(32)35-14-5-4-12(8-14)15-10-18(29-28-15)27-19-16-9-13(11-36(2,33)34)30-31(16)7-6-25-19/h6-7,9-10,12,14,17H,3-5,8,11H2,1-2H3,(H,26,32)(H2,25,27,28,29). The number of anilines is 2. The van der Waals surface area contributed by atoms with Gasteiger partial charge < -0.3 is 15.4 Å². The monoisotopic (exact) mass is 529 g/mol. The molecule has 15 heteroatoms. The van der Waals surface area contributed by atoms with Gasteiger partial charge in [-0.05, 0) is 31.7 Å². The molecule has 0 spiro atoms. The highest BCUT2D eigenvalue weighted by molar-refractivity contribution is 7.89. The first-order valence-electron chi connectivity index (χ1n) is 11.3. The number of nitrogens with zero attached hydrogens (tertiary/aromatic N) is 4. The van der Waals surface area contributed by atoms with E-state index in [1.54, 1.807) is 18.3 Å². The minimum atomic E-state index is -4.53. The quantitative estimate of drug-likeness (QED) is 0.403. The van der Waals surface area contributed by atoms with Crippen LogP contribution in [0.3, 0.4) is 0 Å². The van der Waals surface area contributed by atoms with Crippen molar-refractivity contribution >= 4 is 33.1 Å². The Morgan fingerprint density at radius 2 is 2.11 bits per heavy atom. The van der Waals surface area contributed by atoms with Gasteiger partial charge in [0.15, 0.2) is 21.5 Å². The van der Waals surface area contributed by atoms with E-state index < -0.39 is 34.3 Å². The maximum atomic E-state index is 12.9. The van der Waals surface area contributed by atoms with Crippen molar-refractivity contribution in [1.29, 1.82) is 0 Å². The fourth-order valence-electron chi connectivity index (χ4n) is 4.21. The SMILES string of the molecule is CCC(NC(=O)OC1CCC(c2cc(Nc3nccn4nc(CS(C)(=O)=O)cc34)n[nH]2)C1)C(F)(F)F. The van der Waals surface area contributed by atoms with Gasteiger partial charge in [-0.1, -0.05) is 6.92 Å². The molecular weight excluding hydrogens is 503 g/mol. The minimum absolute atomic E-state index is 0.0180. The van der Waals surface area contributed by atoms with Gasteiger partial charge in [0.2, 0.25) is 0 Å². The lowest BCUT2D eigenvalue weighted by atomic mass is 10.0. The van der Waals surface area contributed by atoms with Crippen LogP contribution in [-0.4, -0.2) is 63.9 Å². The van der Waals surface area contributed by atoms with Crippen LogP contribution in [0.4, 0.5) is 29.6 Å². The number of rotatable bonds is 8. The van der Waals surface area contributed by atoms with Crippen LogP contribution in [0.15, 0.2) is 24.5 Å². The lowest BCUT2D eigenvalue weighted by Gasteiger charge is -2.21. The van der Waals surface area contributed by atoms with Crippen LogP contribution in [0, 0.1) is 0 Å². The van der Waals surface area contributed by atoms with Gasteiger partial charge in [0, 0.05) is 36.3 Å². The molecule has 0 saturated heterocycles. The van der Waals surface area contributed by atoms with Crippen molar-refractivity contribution < 1.29 is 31.1 Å². The van der Waals surface area contributed by atoms with E-state index in [1.165, 1.54) is 17.6 Å². The molecule has 1 aliphatic carbocycles. The summed E-state index contributed by atoms with van der Waals surface area (Å²) in [7, 11) is -3.25. The van der Waals surface area contributed by atoms with Crippen LogP contribution in [0.2, 0.25) is 0 Å². The first kappa shape index (κ1) is 25.7. The maximum Gasteiger partial charge on any atom is 0.408 e. The number of sulfone groups is 1. The van der Waals surface area contributed by atoms with E-state index in [0.717, 1.165) is 11.9 Å². The highest BCUT2D eigenvalue weighted by Gasteiger charge is 2.40. The van der Waals surface area contributed by atoms with Gasteiger partial charge in [-0.3, -0.25) is 5.10 Å². The number of aromatic amines is 1. The number of hydrogen-bond acceptors (Lipinski definition) is 8. The Labute approximate surface area is 204 Å². The zero-order valence-corrected chi connectivity index (χ0v) is 20.4. The van der Waals surface area contributed by atoms with Crippen molar-refractivity contribution in [2.45, 2.75) is 62.6 Å². The van der Waals surface area contributed by atoms with E-state index in [2.05, 4.69) is 25.6 Å². The number of ether oxygens (including phenoxy) is 1. The molecule has 0 aliphatic heterocycles. The largest absolute Gasteiger partial charge is 0.446 e. The Morgan fingerprint density at radius 3 is 2.81 bits per heavy atom. The molecule has 3 aromatic heterocycles. The highest BCUT2D eigenvalue weighted by atomic mass is 32.2. The van der Waals surface area contributed by atoms with Crippen molar-refractivity contribution in [3.63, 3.8) is 0 Å². The fourth-order valence-corrected chi connectivity index (χ4v) is 4.89. The molecule has 1 aliphatic rings. The van der Waals surface area contributed by atoms with E-state index >= 15 is 0 Å². The number of amides is 1. The Balaban J connectivity index is 1.37. The lowest BCUT2D eigenvalue weighted by molar-refractivity contribution is -0.155. The van der Waals surface area contributed by atoms with Crippen molar-refractivity contribution in [2.24, 2.45) is 0 Å². The molecule has 0 aromatic carbocycles. The van der Waals surface area contributed by atoms with Gasteiger partial charge in [0.05, 0.1) is 11.4 Å². The number of alkyl halides is 3. The molecule has 4 rings (SSSR count). The van der Waals surface area contributed by atoms with Crippen LogP contribution in [0.1, 0.15) is 49.9 Å². The summed E-state index contributed by atoms with van der Waals surface area (Å²) in [6.07, 6.45) is -0.501. The predicted molar refractivity (Wildman–Crippen MR) is 124 cm³/mol. The average Bonchev–Trinajstić information content (AvgIpc) is 3.50. The van der Waals surface area contributed by atoms with Crippen molar-refractivity contribution in [1.82, 2.24) is 30.1 Å². The van der Waals surface area contributed by atoms with Crippen LogP contribution in [0.25, 0.3) is 5.52 Å². The average molecular weight is 530 g/mol. The van der Waals surface area contributed by atoms with Crippen LogP contribution < -0.4 is 10.6 Å². The zero-order valence-electron chi connectivity index (χ0n) is 19.5. The van der Waals surface area contributed by atoms with Gasteiger partial charge in [-0.2, -0.15) is 23.4 Å². The normalized spacial score (nSPS) is 19.4. The highest BCUT2D eigenvalue weighted by Crippen LogP contribution is 2.36. The van der Waals surface area contributed by atoms with Gasteiger partial charge in [0.25, 0.3) is 0 Å². The van der Waals surface area contributed by atoms with Crippen molar-refractivity contribution in [2.75, 3.05) is 11.6 Å².